The second-order valence-corrected chi connectivity index (χ2v) is 6.96. The van der Waals surface area contributed by atoms with Crippen LogP contribution in [0.2, 0.25) is 10.0 Å². The average Bonchev–Trinajstić information content (AvgIpc) is 3.23. The number of nitrogens with one attached hydrogen (secondary N) is 2. The summed E-state index contributed by atoms with van der Waals surface area (Å²) in [7, 11) is 0. The lowest BCUT2D eigenvalue weighted by Gasteiger charge is -2.08. The highest BCUT2D eigenvalue weighted by molar-refractivity contribution is 7.80. The van der Waals surface area contributed by atoms with Gasteiger partial charge in [-0.2, -0.15) is 10.2 Å². The van der Waals surface area contributed by atoms with Gasteiger partial charge >= 0.3 is 0 Å². The van der Waals surface area contributed by atoms with Gasteiger partial charge in [-0.25, -0.2) is 4.39 Å². The number of rotatable bonds is 6. The number of aromatic nitrogens is 4. The predicted octanol–water partition coefficient (Wildman–Crippen LogP) is 4.08. The van der Waals surface area contributed by atoms with Crippen LogP contribution in [0.15, 0.2) is 36.8 Å². The first kappa shape index (κ1) is 19.6. The quantitative estimate of drug-likeness (QED) is 0.581. The fraction of sp³-hybridized carbons (Fsp3) is 0.235. The summed E-state index contributed by atoms with van der Waals surface area (Å²) in [5, 5.41) is 15.6. The lowest BCUT2D eigenvalue weighted by molar-refractivity contribution is 0.586. The Kier molecular flexibility index (Phi) is 6.30. The van der Waals surface area contributed by atoms with Crippen LogP contribution in [0.1, 0.15) is 18.1 Å². The summed E-state index contributed by atoms with van der Waals surface area (Å²) in [4.78, 5) is 0. The molecule has 0 fully saturated rings. The van der Waals surface area contributed by atoms with Gasteiger partial charge in [0.15, 0.2) is 10.9 Å². The molecule has 0 aliphatic heterocycles. The normalized spacial score (nSPS) is 10.8. The van der Waals surface area contributed by atoms with E-state index in [4.69, 9.17) is 35.4 Å². The molecule has 0 atom stereocenters. The van der Waals surface area contributed by atoms with Crippen LogP contribution < -0.4 is 10.6 Å². The van der Waals surface area contributed by atoms with Gasteiger partial charge in [0.05, 0.1) is 12.7 Å². The van der Waals surface area contributed by atoms with Crippen molar-refractivity contribution < 1.29 is 4.39 Å². The first-order valence-corrected chi connectivity index (χ1v) is 9.34. The lowest BCUT2D eigenvalue weighted by atomic mass is 10.2. The molecule has 2 heterocycles. The average molecular weight is 427 g/mol. The Balaban J connectivity index is 1.61. The van der Waals surface area contributed by atoms with E-state index >= 15 is 0 Å². The molecular weight excluding hydrogens is 410 g/mol. The number of hydrogen-bond acceptors (Lipinski definition) is 3. The second kappa shape index (κ2) is 8.69. The molecule has 0 aliphatic rings. The van der Waals surface area contributed by atoms with Crippen molar-refractivity contribution in [2.75, 3.05) is 5.32 Å². The van der Waals surface area contributed by atoms with E-state index in [2.05, 4.69) is 20.8 Å². The zero-order valence-corrected chi connectivity index (χ0v) is 16.7. The van der Waals surface area contributed by atoms with Gasteiger partial charge in [-0.05, 0) is 31.3 Å². The Bertz CT molecular complexity index is 935. The summed E-state index contributed by atoms with van der Waals surface area (Å²) in [5.74, 6) is -0.0145. The summed E-state index contributed by atoms with van der Waals surface area (Å²) in [5.41, 5.74) is 1.35. The standard InChI is InChI=1S/C17H17Cl2FN6S/c1-2-25-8-11(7-22-25)6-21-17(27)23-16-14(19)10-26(24-16)9-12-13(18)4-3-5-15(12)20/h3-5,7-8,10H,2,6,9H2,1H3,(H2,21,23,24,27). The minimum Gasteiger partial charge on any atom is -0.358 e. The fourth-order valence-electron chi connectivity index (χ4n) is 2.41. The molecule has 1 aromatic carbocycles. The molecular formula is C17H17Cl2FN6S. The highest BCUT2D eigenvalue weighted by atomic mass is 35.5. The smallest absolute Gasteiger partial charge is 0.173 e. The van der Waals surface area contributed by atoms with Crippen LogP contribution in [0.5, 0.6) is 0 Å². The van der Waals surface area contributed by atoms with E-state index in [1.165, 1.54) is 10.7 Å². The lowest BCUT2D eigenvalue weighted by Crippen LogP contribution is -2.28. The highest BCUT2D eigenvalue weighted by Gasteiger charge is 2.12. The Morgan fingerprint density at radius 1 is 1.22 bits per heavy atom. The molecule has 2 aromatic heterocycles. The molecule has 27 heavy (non-hydrogen) atoms. The van der Waals surface area contributed by atoms with Crippen LogP contribution in [0, 0.1) is 5.82 Å². The summed E-state index contributed by atoms with van der Waals surface area (Å²) in [6.07, 6.45) is 5.30. The van der Waals surface area contributed by atoms with E-state index in [0.717, 1.165) is 12.1 Å². The first-order valence-electron chi connectivity index (χ1n) is 8.18. The van der Waals surface area contributed by atoms with Gasteiger partial charge in [0.1, 0.15) is 10.8 Å². The molecule has 0 saturated heterocycles. The molecule has 142 valence electrons. The van der Waals surface area contributed by atoms with Crippen LogP contribution >= 0.6 is 35.4 Å². The topological polar surface area (TPSA) is 59.7 Å². The Morgan fingerprint density at radius 3 is 2.74 bits per heavy atom. The van der Waals surface area contributed by atoms with Crippen molar-refractivity contribution >= 4 is 46.4 Å². The van der Waals surface area contributed by atoms with Crippen molar-refractivity contribution in [3.05, 3.63) is 63.8 Å². The minimum atomic E-state index is -0.395. The van der Waals surface area contributed by atoms with Gasteiger partial charge in [-0.3, -0.25) is 9.36 Å². The van der Waals surface area contributed by atoms with Gasteiger partial charge in [0, 0.05) is 41.6 Å². The van der Waals surface area contributed by atoms with E-state index in [-0.39, 0.29) is 6.54 Å². The maximum absolute atomic E-state index is 13.9. The maximum atomic E-state index is 13.9. The molecule has 0 amide bonds. The minimum absolute atomic E-state index is 0.156. The van der Waals surface area contributed by atoms with Crippen molar-refractivity contribution in [2.24, 2.45) is 0 Å². The molecule has 3 rings (SSSR count). The maximum Gasteiger partial charge on any atom is 0.173 e. The zero-order chi connectivity index (χ0) is 19.4. The van der Waals surface area contributed by atoms with Crippen LogP contribution in [0.25, 0.3) is 0 Å². The molecule has 0 aliphatic carbocycles. The first-order chi connectivity index (χ1) is 13.0. The van der Waals surface area contributed by atoms with E-state index in [0.29, 0.717) is 33.1 Å². The summed E-state index contributed by atoms with van der Waals surface area (Å²) < 4.78 is 17.3. The zero-order valence-electron chi connectivity index (χ0n) is 14.4. The number of anilines is 1. The van der Waals surface area contributed by atoms with Gasteiger partial charge < -0.3 is 10.6 Å². The van der Waals surface area contributed by atoms with E-state index in [1.54, 1.807) is 24.5 Å². The van der Waals surface area contributed by atoms with Crippen LogP contribution in [-0.2, 0) is 19.6 Å². The van der Waals surface area contributed by atoms with Crippen LogP contribution in [-0.4, -0.2) is 24.7 Å². The number of benzene rings is 1. The number of halogens is 3. The molecule has 0 radical (unpaired) electrons. The third-order valence-electron chi connectivity index (χ3n) is 3.79. The molecule has 0 spiro atoms. The van der Waals surface area contributed by atoms with Gasteiger partial charge in [0.2, 0.25) is 0 Å². The van der Waals surface area contributed by atoms with Gasteiger partial charge in [0.25, 0.3) is 0 Å². The van der Waals surface area contributed by atoms with Crippen LogP contribution in [0.4, 0.5) is 10.2 Å². The van der Waals surface area contributed by atoms with Crippen LogP contribution in [0.3, 0.4) is 0 Å². The Labute approximate surface area is 171 Å². The monoisotopic (exact) mass is 426 g/mol. The number of thiocarbonyl (C=S) groups is 1. The third-order valence-corrected chi connectivity index (χ3v) is 4.67. The molecule has 0 bridgehead atoms. The molecule has 0 saturated carbocycles. The summed E-state index contributed by atoms with van der Waals surface area (Å²) >= 11 is 17.5. The van der Waals surface area contributed by atoms with Gasteiger partial charge in [-0.15, -0.1) is 0 Å². The molecule has 0 unspecified atom stereocenters. The second-order valence-electron chi connectivity index (χ2n) is 5.74. The van der Waals surface area contributed by atoms with E-state index in [9.17, 15) is 4.39 Å². The van der Waals surface area contributed by atoms with Crippen molar-refractivity contribution in [1.82, 2.24) is 24.9 Å². The molecule has 10 heteroatoms. The fourth-order valence-corrected chi connectivity index (χ4v) is 3.00. The summed E-state index contributed by atoms with van der Waals surface area (Å²) in [6.45, 7) is 3.50. The van der Waals surface area contributed by atoms with Crippen molar-refractivity contribution in [3.8, 4) is 0 Å². The van der Waals surface area contributed by atoms with E-state index < -0.39 is 5.82 Å². The largest absolute Gasteiger partial charge is 0.358 e. The SMILES string of the molecule is CCn1cc(CNC(=S)Nc2nn(Cc3c(F)cccc3Cl)cc2Cl)cn1. The molecule has 6 nitrogen and oxygen atoms in total. The summed E-state index contributed by atoms with van der Waals surface area (Å²) in [6, 6.07) is 4.54. The van der Waals surface area contributed by atoms with E-state index in [1.807, 2.05) is 17.8 Å². The van der Waals surface area contributed by atoms with Crippen molar-refractivity contribution in [2.45, 2.75) is 26.6 Å². The third kappa shape index (κ3) is 4.97. The van der Waals surface area contributed by atoms with Crippen molar-refractivity contribution in [1.29, 1.82) is 0 Å². The van der Waals surface area contributed by atoms with Gasteiger partial charge in [-0.1, -0.05) is 29.3 Å². The highest BCUT2D eigenvalue weighted by Crippen LogP contribution is 2.23. The predicted molar refractivity (Wildman–Crippen MR) is 109 cm³/mol. The van der Waals surface area contributed by atoms with Crippen molar-refractivity contribution in [3.63, 3.8) is 0 Å². The number of nitrogens with zero attached hydrogens (tertiary/aromatic N) is 4. The molecule has 2 N–H and O–H groups in total. The Morgan fingerprint density at radius 2 is 2.04 bits per heavy atom. The molecule has 3 aromatic rings. The Hall–Kier alpha value is -2.16. The number of aryl methyl sites for hydroxylation is 1. The number of hydrogen-bond donors (Lipinski definition) is 2.